The highest BCUT2D eigenvalue weighted by Crippen LogP contribution is 2.35. The summed E-state index contributed by atoms with van der Waals surface area (Å²) in [4.78, 5) is 18.6. The second-order valence-corrected chi connectivity index (χ2v) is 5.04. The molecule has 0 amide bonds. The highest BCUT2D eigenvalue weighted by molar-refractivity contribution is 9.10. The first kappa shape index (κ1) is 13.5. The maximum Gasteiger partial charge on any atom is 0.356 e. The van der Waals surface area contributed by atoms with Gasteiger partial charge in [-0.05, 0) is 32.8 Å². The van der Waals surface area contributed by atoms with E-state index in [0.717, 1.165) is 15.2 Å². The number of hydrogen-bond acceptors (Lipinski definition) is 4. The first-order valence-corrected chi connectivity index (χ1v) is 6.85. The SMILES string of the molecule is O=C(O)c1cncc(Oc2ccc3ccccc3c2Br)n1. The second kappa shape index (κ2) is 5.49. The second-order valence-electron chi connectivity index (χ2n) is 4.25. The summed E-state index contributed by atoms with van der Waals surface area (Å²) in [6.45, 7) is 0. The van der Waals surface area contributed by atoms with Gasteiger partial charge in [-0.25, -0.2) is 9.78 Å². The van der Waals surface area contributed by atoms with Crippen LogP contribution in [-0.4, -0.2) is 21.0 Å². The summed E-state index contributed by atoms with van der Waals surface area (Å²) in [7, 11) is 0. The molecule has 0 spiro atoms. The number of carboxylic acid groups (broad SMARTS) is 1. The van der Waals surface area contributed by atoms with E-state index in [4.69, 9.17) is 9.84 Å². The summed E-state index contributed by atoms with van der Waals surface area (Å²) in [5.74, 6) is -0.470. The first-order valence-electron chi connectivity index (χ1n) is 6.05. The van der Waals surface area contributed by atoms with Crippen LogP contribution in [0.15, 0.2) is 53.3 Å². The number of benzene rings is 2. The van der Waals surface area contributed by atoms with Gasteiger partial charge in [0.2, 0.25) is 5.88 Å². The van der Waals surface area contributed by atoms with Crippen molar-refractivity contribution in [3.05, 3.63) is 59.0 Å². The zero-order valence-electron chi connectivity index (χ0n) is 10.7. The molecule has 3 aromatic rings. The monoisotopic (exact) mass is 344 g/mol. The predicted octanol–water partition coefficient (Wildman–Crippen LogP) is 3.88. The van der Waals surface area contributed by atoms with Gasteiger partial charge in [0.05, 0.1) is 16.9 Å². The van der Waals surface area contributed by atoms with E-state index < -0.39 is 5.97 Å². The number of nitrogens with zero attached hydrogens (tertiary/aromatic N) is 2. The summed E-state index contributed by atoms with van der Waals surface area (Å²) in [5, 5.41) is 11.0. The van der Waals surface area contributed by atoms with E-state index in [9.17, 15) is 4.79 Å². The molecule has 5 nitrogen and oxygen atoms in total. The lowest BCUT2D eigenvalue weighted by Gasteiger charge is -2.09. The summed E-state index contributed by atoms with van der Waals surface area (Å²) >= 11 is 3.50. The summed E-state index contributed by atoms with van der Waals surface area (Å²) in [6, 6.07) is 11.6. The molecular formula is C15H9BrN2O3. The number of rotatable bonds is 3. The number of carbonyl (C=O) groups is 1. The molecule has 1 heterocycles. The molecular weight excluding hydrogens is 336 g/mol. The van der Waals surface area contributed by atoms with Crippen LogP contribution in [0.3, 0.4) is 0 Å². The molecule has 0 bridgehead atoms. The molecule has 0 saturated carbocycles. The molecule has 1 N–H and O–H groups in total. The van der Waals surface area contributed by atoms with Gasteiger partial charge in [0.1, 0.15) is 5.75 Å². The number of aromatic nitrogens is 2. The first-order chi connectivity index (χ1) is 10.1. The fourth-order valence-electron chi connectivity index (χ4n) is 1.91. The van der Waals surface area contributed by atoms with Crippen molar-refractivity contribution in [1.29, 1.82) is 0 Å². The van der Waals surface area contributed by atoms with Gasteiger partial charge < -0.3 is 9.84 Å². The van der Waals surface area contributed by atoms with Crippen molar-refractivity contribution in [3.63, 3.8) is 0 Å². The molecule has 3 rings (SSSR count). The number of hydrogen-bond donors (Lipinski definition) is 1. The normalized spacial score (nSPS) is 10.5. The van der Waals surface area contributed by atoms with Crippen LogP contribution >= 0.6 is 15.9 Å². The summed E-state index contributed by atoms with van der Waals surface area (Å²) in [6.07, 6.45) is 2.54. The van der Waals surface area contributed by atoms with E-state index in [1.54, 1.807) is 6.07 Å². The fraction of sp³-hybridized carbons (Fsp3) is 0. The van der Waals surface area contributed by atoms with E-state index in [-0.39, 0.29) is 11.6 Å². The van der Waals surface area contributed by atoms with Gasteiger partial charge in [0, 0.05) is 0 Å². The molecule has 0 radical (unpaired) electrons. The largest absolute Gasteiger partial charge is 0.476 e. The number of carboxylic acids is 1. The number of ether oxygens (including phenoxy) is 1. The lowest BCUT2D eigenvalue weighted by atomic mass is 10.1. The van der Waals surface area contributed by atoms with Gasteiger partial charge in [0.15, 0.2) is 5.69 Å². The van der Waals surface area contributed by atoms with Gasteiger partial charge in [-0.15, -0.1) is 0 Å². The van der Waals surface area contributed by atoms with Crippen molar-refractivity contribution in [2.75, 3.05) is 0 Å². The molecule has 0 saturated heterocycles. The molecule has 104 valence electrons. The number of fused-ring (bicyclic) bond motifs is 1. The molecule has 6 heteroatoms. The van der Waals surface area contributed by atoms with Crippen molar-refractivity contribution in [2.24, 2.45) is 0 Å². The van der Waals surface area contributed by atoms with E-state index in [0.29, 0.717) is 5.75 Å². The minimum atomic E-state index is -1.15. The maximum absolute atomic E-state index is 10.9. The minimum Gasteiger partial charge on any atom is -0.476 e. The van der Waals surface area contributed by atoms with Gasteiger partial charge in [-0.1, -0.05) is 30.3 Å². The molecule has 0 fully saturated rings. The van der Waals surface area contributed by atoms with Gasteiger partial charge in [-0.3, -0.25) is 4.98 Å². The Morgan fingerprint density at radius 2 is 1.95 bits per heavy atom. The Kier molecular flexibility index (Phi) is 3.53. The number of aromatic carboxylic acids is 1. The fourth-order valence-corrected chi connectivity index (χ4v) is 2.48. The Morgan fingerprint density at radius 3 is 2.76 bits per heavy atom. The summed E-state index contributed by atoms with van der Waals surface area (Å²) in [5.41, 5.74) is -0.163. The van der Waals surface area contributed by atoms with Crippen molar-refractivity contribution in [1.82, 2.24) is 9.97 Å². The topological polar surface area (TPSA) is 72.3 Å². The maximum atomic E-state index is 10.9. The zero-order chi connectivity index (χ0) is 14.8. The Morgan fingerprint density at radius 1 is 1.14 bits per heavy atom. The predicted molar refractivity (Wildman–Crippen MR) is 80.7 cm³/mol. The Hall–Kier alpha value is -2.47. The van der Waals surface area contributed by atoms with Gasteiger partial charge in [0.25, 0.3) is 0 Å². The Labute approximate surface area is 128 Å². The van der Waals surface area contributed by atoms with Crippen LogP contribution in [0.1, 0.15) is 10.5 Å². The molecule has 0 aliphatic carbocycles. The van der Waals surface area contributed by atoms with Gasteiger partial charge >= 0.3 is 5.97 Å². The van der Waals surface area contributed by atoms with E-state index in [2.05, 4.69) is 25.9 Å². The third kappa shape index (κ3) is 2.71. The molecule has 0 unspecified atom stereocenters. The van der Waals surface area contributed by atoms with Crippen LogP contribution < -0.4 is 4.74 Å². The molecule has 21 heavy (non-hydrogen) atoms. The van der Waals surface area contributed by atoms with Gasteiger partial charge in [-0.2, -0.15) is 0 Å². The molecule has 0 aliphatic heterocycles. The summed E-state index contributed by atoms with van der Waals surface area (Å²) < 4.78 is 6.40. The van der Waals surface area contributed by atoms with E-state index >= 15 is 0 Å². The van der Waals surface area contributed by atoms with Crippen LogP contribution in [-0.2, 0) is 0 Å². The quantitative estimate of drug-likeness (QED) is 0.780. The van der Waals surface area contributed by atoms with E-state index in [1.807, 2.05) is 30.3 Å². The molecule has 0 atom stereocenters. The lowest BCUT2D eigenvalue weighted by molar-refractivity contribution is 0.0689. The van der Waals surface area contributed by atoms with Crippen LogP contribution in [0.5, 0.6) is 11.6 Å². The van der Waals surface area contributed by atoms with Crippen LogP contribution in [0.4, 0.5) is 0 Å². The Balaban J connectivity index is 2.00. The average Bonchev–Trinajstić information content (AvgIpc) is 2.51. The van der Waals surface area contributed by atoms with Crippen molar-refractivity contribution in [2.45, 2.75) is 0 Å². The van der Waals surface area contributed by atoms with Crippen LogP contribution in [0.2, 0.25) is 0 Å². The molecule has 1 aromatic heterocycles. The van der Waals surface area contributed by atoms with Crippen LogP contribution in [0.25, 0.3) is 10.8 Å². The third-order valence-electron chi connectivity index (χ3n) is 2.87. The van der Waals surface area contributed by atoms with Crippen molar-refractivity contribution < 1.29 is 14.6 Å². The third-order valence-corrected chi connectivity index (χ3v) is 3.69. The Bertz CT molecular complexity index is 836. The van der Waals surface area contributed by atoms with Crippen LogP contribution in [0, 0.1) is 0 Å². The lowest BCUT2D eigenvalue weighted by Crippen LogP contribution is -2.02. The standard InChI is InChI=1S/C15H9BrN2O3/c16-14-10-4-2-1-3-9(10)5-6-12(14)21-13-8-17-7-11(18-13)15(19)20/h1-8H,(H,19,20). The smallest absolute Gasteiger partial charge is 0.356 e. The average molecular weight is 345 g/mol. The highest BCUT2D eigenvalue weighted by atomic mass is 79.9. The van der Waals surface area contributed by atoms with E-state index in [1.165, 1.54) is 12.4 Å². The highest BCUT2D eigenvalue weighted by Gasteiger charge is 2.10. The molecule has 2 aromatic carbocycles. The molecule has 0 aliphatic rings. The number of halogens is 1. The minimum absolute atomic E-state index is 0.130. The van der Waals surface area contributed by atoms with Crippen molar-refractivity contribution >= 4 is 32.7 Å². The zero-order valence-corrected chi connectivity index (χ0v) is 12.2. The van der Waals surface area contributed by atoms with Crippen molar-refractivity contribution in [3.8, 4) is 11.6 Å².